The van der Waals surface area contributed by atoms with Crippen molar-refractivity contribution in [3.05, 3.63) is 63.6 Å². The maximum atomic E-state index is 14.7. The molecule has 3 fully saturated rings. The second kappa shape index (κ2) is 8.66. The zero-order valence-electron chi connectivity index (χ0n) is 19.5. The number of benzene rings is 2. The van der Waals surface area contributed by atoms with Crippen molar-refractivity contribution in [1.82, 2.24) is 10.3 Å². The summed E-state index contributed by atoms with van der Waals surface area (Å²) in [5, 5.41) is 3.89. The maximum Gasteiger partial charge on any atom is 0.311 e. The molecule has 35 heavy (non-hydrogen) atoms. The largest absolute Gasteiger partial charge is 0.469 e. The summed E-state index contributed by atoms with van der Waals surface area (Å²) >= 11 is 3.47. The SMILES string of the molecule is COC(=O)C12CCC(NC(=O)c3c(C)c(-c4cccc(F)c4F)nc4ccc(Br)cc34)(CC1)CC2. The number of ether oxygens (including phenoxy) is 1. The van der Waals surface area contributed by atoms with E-state index in [2.05, 4.69) is 26.2 Å². The first-order valence-corrected chi connectivity index (χ1v) is 12.4. The van der Waals surface area contributed by atoms with Crippen LogP contribution in [-0.4, -0.2) is 29.5 Å². The minimum atomic E-state index is -0.997. The van der Waals surface area contributed by atoms with Crippen LogP contribution in [-0.2, 0) is 9.53 Å². The molecule has 182 valence electrons. The molecule has 3 aromatic rings. The average Bonchev–Trinajstić information content (AvgIpc) is 2.86. The van der Waals surface area contributed by atoms with Crippen molar-refractivity contribution in [3.8, 4) is 11.3 Å². The highest BCUT2D eigenvalue weighted by Gasteiger charge is 2.53. The molecule has 1 aromatic heterocycles. The Kier molecular flexibility index (Phi) is 5.90. The van der Waals surface area contributed by atoms with Crippen molar-refractivity contribution >= 4 is 38.7 Å². The van der Waals surface area contributed by atoms with Crippen LogP contribution in [0.5, 0.6) is 0 Å². The van der Waals surface area contributed by atoms with E-state index in [9.17, 15) is 18.4 Å². The molecule has 1 N–H and O–H groups in total. The standard InChI is InChI=1S/C27H25BrF2N2O3/c1-15-21(24(33)32-27-11-8-26(9-12-27,10-13-27)25(34)35-2)18-14-16(28)6-7-20(18)31-23(15)17-4-3-5-19(29)22(17)30/h3-7,14H,8-13H2,1-2H3,(H,32,33). The highest BCUT2D eigenvalue weighted by atomic mass is 79.9. The van der Waals surface area contributed by atoms with Gasteiger partial charge in [-0.05, 0) is 81.3 Å². The fourth-order valence-electron chi connectivity index (χ4n) is 5.77. The molecule has 2 aromatic carbocycles. The maximum absolute atomic E-state index is 14.7. The van der Waals surface area contributed by atoms with E-state index < -0.39 is 22.6 Å². The third-order valence-corrected chi connectivity index (χ3v) is 8.36. The molecule has 0 radical (unpaired) electrons. The Morgan fingerprint density at radius 3 is 2.40 bits per heavy atom. The predicted octanol–water partition coefficient (Wildman–Crippen LogP) is 6.25. The lowest BCUT2D eigenvalue weighted by Gasteiger charge is -2.52. The number of carbonyl (C=O) groups is 2. The molecular formula is C27H25BrF2N2O3. The first-order valence-electron chi connectivity index (χ1n) is 11.6. The summed E-state index contributed by atoms with van der Waals surface area (Å²) in [6.07, 6.45) is 4.06. The highest BCUT2D eigenvalue weighted by Crippen LogP contribution is 2.53. The van der Waals surface area contributed by atoms with E-state index in [1.165, 1.54) is 19.2 Å². The number of methoxy groups -OCH3 is 1. The Labute approximate surface area is 210 Å². The number of halogens is 3. The lowest BCUT2D eigenvalue weighted by molar-refractivity contribution is -0.160. The number of hydrogen-bond acceptors (Lipinski definition) is 4. The minimum Gasteiger partial charge on any atom is -0.469 e. The fourth-order valence-corrected chi connectivity index (χ4v) is 6.13. The molecule has 0 atom stereocenters. The van der Waals surface area contributed by atoms with E-state index in [0.717, 1.165) is 10.5 Å². The monoisotopic (exact) mass is 542 g/mol. The van der Waals surface area contributed by atoms with Crippen LogP contribution in [0.15, 0.2) is 40.9 Å². The summed E-state index contributed by atoms with van der Waals surface area (Å²) in [6.45, 7) is 1.71. The van der Waals surface area contributed by atoms with E-state index >= 15 is 0 Å². The Balaban J connectivity index is 1.57. The number of esters is 1. The van der Waals surface area contributed by atoms with E-state index in [1.54, 1.807) is 19.1 Å². The lowest BCUT2D eigenvalue weighted by atomic mass is 9.57. The Morgan fingerprint density at radius 2 is 1.74 bits per heavy atom. The molecule has 2 bridgehead atoms. The van der Waals surface area contributed by atoms with Crippen molar-refractivity contribution in [1.29, 1.82) is 0 Å². The first kappa shape index (κ1) is 23.9. The molecule has 3 aliphatic rings. The van der Waals surface area contributed by atoms with Gasteiger partial charge in [-0.15, -0.1) is 0 Å². The van der Waals surface area contributed by atoms with Gasteiger partial charge in [-0.1, -0.05) is 22.0 Å². The van der Waals surface area contributed by atoms with Crippen LogP contribution in [0.3, 0.4) is 0 Å². The summed E-state index contributed by atoms with van der Waals surface area (Å²) in [7, 11) is 1.42. The topological polar surface area (TPSA) is 68.3 Å². The van der Waals surface area contributed by atoms with Crippen molar-refractivity contribution in [2.45, 2.75) is 51.0 Å². The van der Waals surface area contributed by atoms with Crippen molar-refractivity contribution < 1.29 is 23.1 Å². The molecule has 8 heteroatoms. The normalized spacial score (nSPS) is 23.3. The molecule has 6 rings (SSSR count). The molecular weight excluding hydrogens is 518 g/mol. The summed E-state index contributed by atoms with van der Waals surface area (Å²) in [4.78, 5) is 30.8. The molecule has 1 amide bonds. The molecule has 0 saturated heterocycles. The van der Waals surface area contributed by atoms with Crippen LogP contribution < -0.4 is 5.32 Å². The van der Waals surface area contributed by atoms with E-state index in [4.69, 9.17) is 4.74 Å². The van der Waals surface area contributed by atoms with Crippen molar-refractivity contribution in [2.24, 2.45) is 5.41 Å². The molecule has 0 aliphatic heterocycles. The fraction of sp³-hybridized carbons (Fsp3) is 0.370. The number of nitrogens with one attached hydrogen (secondary N) is 1. The molecule has 0 spiro atoms. The van der Waals surface area contributed by atoms with Gasteiger partial charge in [-0.25, -0.2) is 13.8 Å². The van der Waals surface area contributed by atoms with Crippen molar-refractivity contribution in [3.63, 3.8) is 0 Å². The Bertz CT molecular complexity index is 1350. The summed E-state index contributed by atoms with van der Waals surface area (Å²) < 4.78 is 34.6. The Morgan fingerprint density at radius 1 is 1.06 bits per heavy atom. The molecule has 3 aliphatic carbocycles. The number of amides is 1. The lowest BCUT2D eigenvalue weighted by Crippen LogP contribution is -2.58. The third kappa shape index (κ3) is 3.92. The molecule has 0 unspecified atom stereocenters. The van der Waals surface area contributed by atoms with Crippen LogP contribution >= 0.6 is 15.9 Å². The summed E-state index contributed by atoms with van der Waals surface area (Å²) in [5.41, 5.74) is 0.758. The van der Waals surface area contributed by atoms with Gasteiger partial charge in [-0.2, -0.15) is 0 Å². The number of hydrogen-bond donors (Lipinski definition) is 1. The van der Waals surface area contributed by atoms with Crippen LogP contribution in [0.25, 0.3) is 22.2 Å². The van der Waals surface area contributed by atoms with Gasteiger partial charge in [-0.3, -0.25) is 9.59 Å². The van der Waals surface area contributed by atoms with E-state index in [-0.39, 0.29) is 23.1 Å². The van der Waals surface area contributed by atoms with Gasteiger partial charge in [0.05, 0.1) is 29.3 Å². The van der Waals surface area contributed by atoms with Gasteiger partial charge >= 0.3 is 5.97 Å². The van der Waals surface area contributed by atoms with Gasteiger partial charge in [0.15, 0.2) is 11.6 Å². The zero-order chi connectivity index (χ0) is 25.0. The average molecular weight is 543 g/mol. The van der Waals surface area contributed by atoms with Gasteiger partial charge in [0.25, 0.3) is 5.91 Å². The van der Waals surface area contributed by atoms with Gasteiger partial charge in [0.1, 0.15) is 0 Å². The number of fused-ring (bicyclic) bond motifs is 4. The van der Waals surface area contributed by atoms with Gasteiger partial charge in [0, 0.05) is 21.0 Å². The highest BCUT2D eigenvalue weighted by molar-refractivity contribution is 9.10. The minimum absolute atomic E-state index is 0.0118. The number of aromatic nitrogens is 1. The van der Waals surface area contributed by atoms with Crippen LogP contribution in [0, 0.1) is 24.0 Å². The van der Waals surface area contributed by atoms with Crippen LogP contribution in [0.1, 0.15) is 54.4 Å². The number of pyridine rings is 1. The van der Waals surface area contributed by atoms with Gasteiger partial charge in [0.2, 0.25) is 0 Å². The second-order valence-corrected chi connectivity index (χ2v) is 10.6. The summed E-state index contributed by atoms with van der Waals surface area (Å²) in [6, 6.07) is 9.31. The van der Waals surface area contributed by atoms with Crippen LogP contribution in [0.2, 0.25) is 0 Å². The Hall–Kier alpha value is -2.87. The summed E-state index contributed by atoms with van der Waals surface area (Å²) in [5.74, 6) is -2.41. The zero-order valence-corrected chi connectivity index (χ0v) is 21.1. The molecule has 5 nitrogen and oxygen atoms in total. The quantitative estimate of drug-likeness (QED) is 0.396. The van der Waals surface area contributed by atoms with Crippen LogP contribution in [0.4, 0.5) is 8.78 Å². The number of rotatable bonds is 4. The van der Waals surface area contributed by atoms with E-state index in [0.29, 0.717) is 60.6 Å². The first-order chi connectivity index (χ1) is 16.7. The smallest absolute Gasteiger partial charge is 0.311 e. The number of carbonyl (C=O) groups excluding carboxylic acids is 2. The van der Waals surface area contributed by atoms with Crippen molar-refractivity contribution in [2.75, 3.05) is 7.11 Å². The third-order valence-electron chi connectivity index (χ3n) is 7.87. The molecule has 1 heterocycles. The predicted molar refractivity (Wildman–Crippen MR) is 132 cm³/mol. The second-order valence-electron chi connectivity index (χ2n) is 9.73. The molecule has 3 saturated carbocycles. The van der Waals surface area contributed by atoms with E-state index in [1.807, 2.05) is 6.07 Å². The number of nitrogens with zero attached hydrogens (tertiary/aromatic N) is 1. The van der Waals surface area contributed by atoms with Gasteiger partial charge < -0.3 is 10.1 Å².